The maximum absolute atomic E-state index is 13.7. The number of carbonyl (C=O) groups excluding carboxylic acids is 3. The summed E-state index contributed by atoms with van der Waals surface area (Å²) in [6, 6.07) is 5.47. The lowest BCUT2D eigenvalue weighted by Gasteiger charge is -2.29. The van der Waals surface area contributed by atoms with E-state index >= 15 is 0 Å². The Labute approximate surface area is 272 Å². The summed E-state index contributed by atoms with van der Waals surface area (Å²) in [5, 5.41) is 0.675. The lowest BCUT2D eigenvalue weighted by Crippen LogP contribution is -2.44. The summed E-state index contributed by atoms with van der Waals surface area (Å²) in [4.78, 5) is 50.4. The fourth-order valence-corrected chi connectivity index (χ4v) is 4.64. The van der Waals surface area contributed by atoms with Gasteiger partial charge in [0.15, 0.2) is 5.82 Å². The summed E-state index contributed by atoms with van der Waals surface area (Å²) < 4.78 is 30.8. The van der Waals surface area contributed by atoms with Gasteiger partial charge in [-0.2, -0.15) is 4.90 Å². The molecule has 3 aromatic rings. The summed E-state index contributed by atoms with van der Waals surface area (Å²) >= 11 is 3.50. The first kappa shape index (κ1) is 36.0. The van der Waals surface area contributed by atoms with E-state index in [0.29, 0.717) is 28.9 Å². The van der Waals surface area contributed by atoms with Crippen molar-refractivity contribution in [3.05, 3.63) is 28.5 Å². The van der Waals surface area contributed by atoms with Crippen LogP contribution in [0.15, 0.2) is 22.7 Å². The van der Waals surface area contributed by atoms with Gasteiger partial charge in [-0.25, -0.2) is 24.4 Å². The number of aromatic nitrogens is 3. The third kappa shape index (κ3) is 9.77. The van der Waals surface area contributed by atoms with E-state index < -0.39 is 40.7 Å². The fraction of sp³-hybridized carbons (Fsp3) is 0.594. The zero-order valence-electron chi connectivity index (χ0n) is 28.3. The van der Waals surface area contributed by atoms with Crippen LogP contribution in [0.4, 0.5) is 20.2 Å². The second-order valence-corrected chi connectivity index (χ2v) is 15.1. The van der Waals surface area contributed by atoms with E-state index in [1.54, 1.807) is 82.2 Å². The molecule has 0 spiro atoms. The van der Waals surface area contributed by atoms with Gasteiger partial charge in [0.2, 0.25) is 0 Å². The molecule has 248 valence electrons. The number of imide groups is 1. The normalized spacial score (nSPS) is 12.7. The molecule has 0 atom stereocenters. The van der Waals surface area contributed by atoms with Crippen molar-refractivity contribution in [2.24, 2.45) is 0 Å². The Hall–Kier alpha value is -3.45. The first-order chi connectivity index (χ1) is 20.5. The van der Waals surface area contributed by atoms with Crippen molar-refractivity contribution in [2.45, 2.75) is 119 Å². The molecule has 2 amide bonds. The van der Waals surface area contributed by atoms with Crippen LogP contribution in [-0.4, -0.2) is 61.9 Å². The van der Waals surface area contributed by atoms with E-state index in [1.165, 1.54) is 0 Å². The lowest BCUT2D eigenvalue weighted by atomic mass is 10.1. The number of nitrogens with zero attached hydrogens (tertiary/aromatic N) is 4. The predicted molar refractivity (Wildman–Crippen MR) is 174 cm³/mol. The van der Waals surface area contributed by atoms with Crippen molar-refractivity contribution >= 4 is 62.0 Å². The molecule has 0 fully saturated rings. The quantitative estimate of drug-likeness (QED) is 0.176. The van der Waals surface area contributed by atoms with Crippen LogP contribution >= 0.6 is 15.9 Å². The zero-order valence-corrected chi connectivity index (χ0v) is 29.9. The number of ether oxygens (including phenoxy) is 5. The molecule has 13 heteroatoms. The van der Waals surface area contributed by atoms with Gasteiger partial charge in [-0.1, -0.05) is 15.9 Å². The molecule has 2 heterocycles. The number of rotatable bonds is 7. The topological polar surface area (TPSA) is 131 Å². The molecule has 0 N–H and O–H groups in total. The highest BCUT2D eigenvalue weighted by Gasteiger charge is 2.37. The number of imidazole rings is 1. The van der Waals surface area contributed by atoms with Gasteiger partial charge in [0.05, 0.1) is 17.6 Å². The third-order valence-electron chi connectivity index (χ3n) is 5.79. The minimum Gasteiger partial charge on any atom is -0.443 e. The fourth-order valence-electron chi connectivity index (χ4n) is 4.29. The second kappa shape index (κ2) is 13.1. The van der Waals surface area contributed by atoms with Gasteiger partial charge >= 0.3 is 18.3 Å². The highest BCUT2D eigenvalue weighted by molar-refractivity contribution is 9.10. The summed E-state index contributed by atoms with van der Waals surface area (Å²) in [5.41, 5.74) is -2.47. The monoisotopic (exact) mass is 692 g/mol. The van der Waals surface area contributed by atoms with Crippen LogP contribution in [-0.2, 0) is 36.8 Å². The summed E-state index contributed by atoms with van der Waals surface area (Å²) in [6.45, 7) is 21.4. The SMILES string of the molecule is CCOCc1nc2c(N(C(=O)OC(C)(C)C)C(=O)OC(C)(C)C)nc3cc(Br)ccc3c2n1CC(C)(C)OC(=O)OC(C)(C)C. The number of anilines is 1. The van der Waals surface area contributed by atoms with Crippen molar-refractivity contribution in [3.8, 4) is 0 Å². The molecule has 0 radical (unpaired) electrons. The second-order valence-electron chi connectivity index (χ2n) is 14.2. The molecule has 0 aliphatic carbocycles. The predicted octanol–water partition coefficient (Wildman–Crippen LogP) is 8.29. The van der Waals surface area contributed by atoms with E-state index in [2.05, 4.69) is 15.9 Å². The summed E-state index contributed by atoms with van der Waals surface area (Å²) in [6.07, 6.45) is -2.77. The molecule has 0 aliphatic rings. The van der Waals surface area contributed by atoms with Gasteiger partial charge in [-0.15, -0.1) is 0 Å². The Morgan fingerprint density at radius 1 is 0.822 bits per heavy atom. The number of pyridine rings is 1. The van der Waals surface area contributed by atoms with Gasteiger partial charge in [0.25, 0.3) is 0 Å². The van der Waals surface area contributed by atoms with Crippen LogP contribution in [0.5, 0.6) is 0 Å². The number of benzene rings is 1. The summed E-state index contributed by atoms with van der Waals surface area (Å²) in [5.74, 6) is 0.376. The molecule has 0 saturated carbocycles. The van der Waals surface area contributed by atoms with Crippen LogP contribution in [0.2, 0.25) is 0 Å². The molecular weight excluding hydrogens is 648 g/mol. The molecular formula is C32H45BrN4O8. The van der Waals surface area contributed by atoms with Gasteiger partial charge < -0.3 is 28.3 Å². The number of carbonyl (C=O) groups is 3. The van der Waals surface area contributed by atoms with Gasteiger partial charge in [0, 0.05) is 16.5 Å². The number of hydrogen-bond donors (Lipinski definition) is 0. The zero-order chi connectivity index (χ0) is 34.1. The minimum absolute atomic E-state index is 0.0820. The number of hydrogen-bond acceptors (Lipinski definition) is 10. The van der Waals surface area contributed by atoms with Gasteiger partial charge in [-0.3, -0.25) is 0 Å². The average molecular weight is 694 g/mol. The van der Waals surface area contributed by atoms with Crippen molar-refractivity contribution in [2.75, 3.05) is 11.5 Å². The molecule has 2 aromatic heterocycles. The smallest absolute Gasteiger partial charge is 0.443 e. The molecule has 45 heavy (non-hydrogen) atoms. The maximum atomic E-state index is 13.7. The van der Waals surface area contributed by atoms with E-state index in [-0.39, 0.29) is 24.5 Å². The molecule has 0 saturated heterocycles. The highest BCUT2D eigenvalue weighted by atomic mass is 79.9. The van der Waals surface area contributed by atoms with Gasteiger partial charge in [0.1, 0.15) is 40.4 Å². The van der Waals surface area contributed by atoms with Crippen LogP contribution < -0.4 is 4.90 Å². The largest absolute Gasteiger partial charge is 0.509 e. The molecule has 12 nitrogen and oxygen atoms in total. The average Bonchev–Trinajstić information content (AvgIpc) is 3.16. The van der Waals surface area contributed by atoms with Crippen LogP contribution in [0.25, 0.3) is 21.9 Å². The first-order valence-electron chi connectivity index (χ1n) is 14.7. The standard InChI is InChI=1S/C32H45BrN4O8/c1-13-41-17-22-35-23-24(36(22)18-32(11,12)45-28(40)44-31(8,9)10)20-15-14-19(33)16-21(20)34-25(23)37(26(38)42-29(2,3)4)27(39)43-30(5,6)7/h14-16H,13,17-18H2,1-12H3. The van der Waals surface area contributed by atoms with Crippen LogP contribution in [0.1, 0.15) is 88.9 Å². The van der Waals surface area contributed by atoms with Crippen LogP contribution in [0.3, 0.4) is 0 Å². The van der Waals surface area contributed by atoms with Crippen molar-refractivity contribution < 1.29 is 38.1 Å². The van der Waals surface area contributed by atoms with E-state index in [0.717, 1.165) is 9.37 Å². The van der Waals surface area contributed by atoms with Crippen molar-refractivity contribution in [1.29, 1.82) is 0 Å². The minimum atomic E-state index is -1.09. The Morgan fingerprint density at radius 2 is 1.38 bits per heavy atom. The Bertz CT molecular complexity index is 1550. The summed E-state index contributed by atoms with van der Waals surface area (Å²) in [7, 11) is 0. The third-order valence-corrected chi connectivity index (χ3v) is 6.28. The number of amides is 2. The molecule has 3 rings (SSSR count). The molecule has 0 unspecified atom stereocenters. The molecule has 0 aliphatic heterocycles. The number of fused-ring (bicyclic) bond motifs is 3. The highest BCUT2D eigenvalue weighted by Crippen LogP contribution is 2.36. The Balaban J connectivity index is 2.36. The van der Waals surface area contributed by atoms with Gasteiger partial charge in [-0.05, 0) is 101 Å². The lowest BCUT2D eigenvalue weighted by molar-refractivity contribution is -0.0584. The number of halogens is 1. The van der Waals surface area contributed by atoms with E-state index in [9.17, 15) is 14.4 Å². The Morgan fingerprint density at radius 3 is 1.89 bits per heavy atom. The molecule has 1 aromatic carbocycles. The van der Waals surface area contributed by atoms with E-state index in [1.807, 2.05) is 23.6 Å². The molecule has 0 bridgehead atoms. The first-order valence-corrected chi connectivity index (χ1v) is 15.5. The Kier molecular flexibility index (Phi) is 10.5. The van der Waals surface area contributed by atoms with E-state index in [4.69, 9.17) is 33.7 Å². The van der Waals surface area contributed by atoms with Crippen LogP contribution in [0, 0.1) is 0 Å². The maximum Gasteiger partial charge on any atom is 0.509 e. The van der Waals surface area contributed by atoms with Crippen molar-refractivity contribution in [1.82, 2.24) is 14.5 Å². The van der Waals surface area contributed by atoms with Crippen molar-refractivity contribution in [3.63, 3.8) is 0 Å².